The van der Waals surface area contributed by atoms with Crippen molar-refractivity contribution in [3.05, 3.63) is 30.1 Å². The average molecular weight is 249 g/mol. The van der Waals surface area contributed by atoms with Crippen LogP contribution in [0.5, 0.6) is 0 Å². The van der Waals surface area contributed by atoms with Crippen molar-refractivity contribution < 1.29 is 0 Å². The van der Waals surface area contributed by atoms with Crippen LogP contribution in [-0.4, -0.2) is 30.0 Å². The van der Waals surface area contributed by atoms with Crippen molar-refractivity contribution in [2.24, 2.45) is 11.7 Å². The molecule has 3 heteroatoms. The molecule has 2 N–H and O–H groups in total. The van der Waals surface area contributed by atoms with E-state index in [1.165, 1.54) is 31.2 Å². The molecule has 0 aliphatic rings. The molecule has 1 aromatic heterocycles. The van der Waals surface area contributed by atoms with Gasteiger partial charge in [0.25, 0.3) is 0 Å². The van der Waals surface area contributed by atoms with Crippen molar-refractivity contribution in [1.82, 2.24) is 9.88 Å². The summed E-state index contributed by atoms with van der Waals surface area (Å²) in [4.78, 5) is 6.51. The van der Waals surface area contributed by atoms with Crippen molar-refractivity contribution in [2.75, 3.05) is 20.1 Å². The monoisotopic (exact) mass is 249 g/mol. The van der Waals surface area contributed by atoms with Gasteiger partial charge in [0.05, 0.1) is 0 Å². The van der Waals surface area contributed by atoms with Crippen molar-refractivity contribution in [1.29, 1.82) is 0 Å². The van der Waals surface area contributed by atoms with Gasteiger partial charge in [-0.3, -0.25) is 4.98 Å². The summed E-state index contributed by atoms with van der Waals surface area (Å²) in [5.41, 5.74) is 6.91. The standard InChI is InChI=1S/C15H27N3/c1-3-14(8-9-16)7-5-11-18(2)13-15-6-4-10-17-12-15/h4,6,10,12,14H,3,5,7-9,11,13,16H2,1-2H3. The molecule has 0 aromatic carbocycles. The third-order valence-electron chi connectivity index (χ3n) is 3.48. The second-order valence-electron chi connectivity index (χ2n) is 5.09. The highest BCUT2D eigenvalue weighted by atomic mass is 15.1. The second-order valence-corrected chi connectivity index (χ2v) is 5.09. The molecule has 1 rings (SSSR count). The van der Waals surface area contributed by atoms with Gasteiger partial charge < -0.3 is 10.6 Å². The maximum Gasteiger partial charge on any atom is 0.0312 e. The number of nitrogens with two attached hydrogens (primary N) is 1. The number of hydrogen-bond donors (Lipinski definition) is 1. The first-order chi connectivity index (χ1) is 8.76. The summed E-state index contributed by atoms with van der Waals surface area (Å²) >= 11 is 0. The minimum Gasteiger partial charge on any atom is -0.330 e. The summed E-state index contributed by atoms with van der Waals surface area (Å²) in [6.45, 7) is 5.22. The summed E-state index contributed by atoms with van der Waals surface area (Å²) in [5.74, 6) is 0.807. The molecule has 3 nitrogen and oxygen atoms in total. The van der Waals surface area contributed by atoms with Crippen LogP contribution in [0.15, 0.2) is 24.5 Å². The summed E-state index contributed by atoms with van der Waals surface area (Å²) in [7, 11) is 2.18. The summed E-state index contributed by atoms with van der Waals surface area (Å²) in [6, 6.07) is 4.13. The molecule has 0 fully saturated rings. The van der Waals surface area contributed by atoms with Gasteiger partial charge in [-0.1, -0.05) is 19.4 Å². The normalized spacial score (nSPS) is 12.9. The molecule has 102 valence electrons. The molecule has 1 aromatic rings. The molecule has 1 heterocycles. The fourth-order valence-corrected chi connectivity index (χ4v) is 2.32. The zero-order valence-electron chi connectivity index (χ0n) is 11.8. The predicted octanol–water partition coefficient (Wildman–Crippen LogP) is 2.67. The van der Waals surface area contributed by atoms with Gasteiger partial charge in [-0.25, -0.2) is 0 Å². The van der Waals surface area contributed by atoms with Crippen molar-refractivity contribution in [3.8, 4) is 0 Å². The quantitative estimate of drug-likeness (QED) is 0.731. The van der Waals surface area contributed by atoms with Crippen LogP contribution in [0.3, 0.4) is 0 Å². The lowest BCUT2D eigenvalue weighted by Gasteiger charge is -2.19. The summed E-state index contributed by atoms with van der Waals surface area (Å²) in [6.07, 6.45) is 8.74. The Kier molecular flexibility index (Phi) is 7.62. The Morgan fingerprint density at radius 1 is 1.39 bits per heavy atom. The molecule has 0 aliphatic carbocycles. The van der Waals surface area contributed by atoms with E-state index in [2.05, 4.69) is 29.9 Å². The van der Waals surface area contributed by atoms with Crippen LogP contribution in [0.2, 0.25) is 0 Å². The Hall–Kier alpha value is -0.930. The highest BCUT2D eigenvalue weighted by molar-refractivity contribution is 5.07. The maximum absolute atomic E-state index is 5.62. The van der Waals surface area contributed by atoms with E-state index in [4.69, 9.17) is 5.73 Å². The molecule has 0 radical (unpaired) electrons. The number of pyridine rings is 1. The minimum atomic E-state index is 0.807. The first-order valence-corrected chi connectivity index (χ1v) is 7.03. The molecule has 0 saturated carbocycles. The lowest BCUT2D eigenvalue weighted by molar-refractivity contribution is 0.300. The van der Waals surface area contributed by atoms with E-state index in [1.54, 1.807) is 0 Å². The second kappa shape index (κ2) is 9.06. The molecular weight excluding hydrogens is 222 g/mol. The number of aromatic nitrogens is 1. The summed E-state index contributed by atoms with van der Waals surface area (Å²) < 4.78 is 0. The first-order valence-electron chi connectivity index (χ1n) is 7.03. The molecule has 1 unspecified atom stereocenters. The topological polar surface area (TPSA) is 42.1 Å². The molecule has 0 amide bonds. The lowest BCUT2D eigenvalue weighted by atomic mass is 9.96. The van der Waals surface area contributed by atoms with Crippen LogP contribution in [0.1, 0.15) is 38.2 Å². The van der Waals surface area contributed by atoms with Gasteiger partial charge in [-0.05, 0) is 56.9 Å². The lowest BCUT2D eigenvalue weighted by Crippen LogP contribution is -2.20. The van der Waals surface area contributed by atoms with Crippen LogP contribution in [-0.2, 0) is 6.54 Å². The van der Waals surface area contributed by atoms with E-state index >= 15 is 0 Å². The van der Waals surface area contributed by atoms with Gasteiger partial charge >= 0.3 is 0 Å². The number of hydrogen-bond acceptors (Lipinski definition) is 3. The minimum absolute atomic E-state index is 0.807. The molecule has 0 bridgehead atoms. The van der Waals surface area contributed by atoms with Gasteiger partial charge in [0.2, 0.25) is 0 Å². The van der Waals surface area contributed by atoms with Crippen LogP contribution < -0.4 is 5.73 Å². The van der Waals surface area contributed by atoms with E-state index in [-0.39, 0.29) is 0 Å². The Bertz CT molecular complexity index is 300. The third kappa shape index (κ3) is 6.12. The van der Waals surface area contributed by atoms with E-state index in [1.807, 2.05) is 18.5 Å². The van der Waals surface area contributed by atoms with Gasteiger partial charge in [-0.2, -0.15) is 0 Å². The highest BCUT2D eigenvalue weighted by Gasteiger charge is 2.06. The molecular formula is C15H27N3. The number of nitrogens with zero attached hydrogens (tertiary/aromatic N) is 2. The zero-order valence-corrected chi connectivity index (χ0v) is 11.8. The Labute approximate surface area is 111 Å². The zero-order chi connectivity index (χ0) is 13.2. The Morgan fingerprint density at radius 3 is 2.83 bits per heavy atom. The Balaban J connectivity index is 2.19. The summed E-state index contributed by atoms with van der Waals surface area (Å²) in [5, 5.41) is 0. The van der Waals surface area contributed by atoms with Gasteiger partial charge in [-0.15, -0.1) is 0 Å². The van der Waals surface area contributed by atoms with Crippen LogP contribution >= 0.6 is 0 Å². The van der Waals surface area contributed by atoms with Gasteiger partial charge in [0, 0.05) is 18.9 Å². The smallest absolute Gasteiger partial charge is 0.0312 e. The third-order valence-corrected chi connectivity index (χ3v) is 3.48. The maximum atomic E-state index is 5.62. The fraction of sp³-hybridized carbons (Fsp3) is 0.667. The van der Waals surface area contributed by atoms with Gasteiger partial charge in [0.1, 0.15) is 0 Å². The van der Waals surface area contributed by atoms with Crippen LogP contribution in [0.25, 0.3) is 0 Å². The van der Waals surface area contributed by atoms with E-state index < -0.39 is 0 Å². The molecule has 18 heavy (non-hydrogen) atoms. The SMILES string of the molecule is CCC(CCN)CCCN(C)Cc1cccnc1. The molecule has 0 spiro atoms. The Morgan fingerprint density at radius 2 is 2.22 bits per heavy atom. The van der Waals surface area contributed by atoms with Crippen molar-refractivity contribution in [3.63, 3.8) is 0 Å². The molecule has 1 atom stereocenters. The average Bonchev–Trinajstić information content (AvgIpc) is 2.39. The van der Waals surface area contributed by atoms with Crippen molar-refractivity contribution >= 4 is 0 Å². The van der Waals surface area contributed by atoms with E-state index in [0.717, 1.165) is 25.6 Å². The fourth-order valence-electron chi connectivity index (χ4n) is 2.32. The number of rotatable bonds is 9. The largest absolute Gasteiger partial charge is 0.330 e. The van der Waals surface area contributed by atoms with Gasteiger partial charge in [0.15, 0.2) is 0 Å². The van der Waals surface area contributed by atoms with Crippen LogP contribution in [0, 0.1) is 5.92 Å². The van der Waals surface area contributed by atoms with Crippen LogP contribution in [0.4, 0.5) is 0 Å². The van der Waals surface area contributed by atoms with Crippen molar-refractivity contribution in [2.45, 2.75) is 39.2 Å². The highest BCUT2D eigenvalue weighted by Crippen LogP contribution is 2.15. The van der Waals surface area contributed by atoms with E-state index in [0.29, 0.717) is 0 Å². The molecule has 0 aliphatic heterocycles. The van der Waals surface area contributed by atoms with E-state index in [9.17, 15) is 0 Å². The predicted molar refractivity (Wildman–Crippen MR) is 77.3 cm³/mol. The molecule has 0 saturated heterocycles. The first kappa shape index (κ1) is 15.1.